The second kappa shape index (κ2) is 6.61. The molecule has 1 aromatic carbocycles. The molecule has 0 saturated carbocycles. The quantitative estimate of drug-likeness (QED) is 0.745. The molecule has 92 valence electrons. The van der Waals surface area contributed by atoms with E-state index in [4.69, 9.17) is 0 Å². The van der Waals surface area contributed by atoms with Crippen molar-refractivity contribution >= 4 is 0 Å². The molecule has 0 aliphatic heterocycles. The first-order valence-corrected chi connectivity index (χ1v) is 6.82. The molecule has 0 fully saturated rings. The van der Waals surface area contributed by atoms with Crippen LogP contribution in [0.5, 0.6) is 0 Å². The minimum Gasteiger partial charge on any atom is -0.310 e. The number of allylic oxidation sites excluding steroid dienone is 1. The van der Waals surface area contributed by atoms with Crippen LogP contribution in [-0.2, 0) is 0 Å². The number of nitrogens with one attached hydrogen (secondary N) is 1. The maximum Gasteiger partial charge on any atom is 0.0291 e. The third kappa shape index (κ3) is 4.01. The van der Waals surface area contributed by atoms with Crippen molar-refractivity contribution in [2.75, 3.05) is 6.54 Å². The Morgan fingerprint density at radius 2 is 2.00 bits per heavy atom. The Labute approximate surface area is 105 Å². The van der Waals surface area contributed by atoms with Crippen LogP contribution in [0.25, 0.3) is 0 Å². The molecule has 0 aromatic heterocycles. The van der Waals surface area contributed by atoms with Gasteiger partial charge in [0.05, 0.1) is 0 Å². The van der Waals surface area contributed by atoms with Gasteiger partial charge in [-0.3, -0.25) is 0 Å². The molecular weight excluding hydrogens is 206 g/mol. The van der Waals surface area contributed by atoms with Crippen molar-refractivity contribution in [1.82, 2.24) is 5.32 Å². The van der Waals surface area contributed by atoms with E-state index in [-0.39, 0.29) is 0 Å². The van der Waals surface area contributed by atoms with Gasteiger partial charge in [-0.2, -0.15) is 0 Å². The predicted octanol–water partition coefficient (Wildman–Crippen LogP) is 4.23. The molecule has 0 heterocycles. The van der Waals surface area contributed by atoms with Crippen molar-refractivity contribution in [3.63, 3.8) is 0 Å². The Morgan fingerprint density at radius 1 is 1.18 bits per heavy atom. The molecule has 1 heteroatoms. The van der Waals surface area contributed by atoms with Gasteiger partial charge in [-0.05, 0) is 51.1 Å². The minimum absolute atomic E-state index is 0.459. The molecule has 17 heavy (non-hydrogen) atoms. The molecule has 0 unspecified atom stereocenters. The smallest absolute Gasteiger partial charge is 0.0291 e. The van der Waals surface area contributed by atoms with Crippen molar-refractivity contribution in [3.05, 3.63) is 47.5 Å². The molecule has 1 nitrogen and oxygen atoms in total. The van der Waals surface area contributed by atoms with Gasteiger partial charge in [0.15, 0.2) is 0 Å². The lowest BCUT2D eigenvalue weighted by atomic mass is 9.97. The molecule has 0 saturated heterocycles. The summed E-state index contributed by atoms with van der Waals surface area (Å²) in [6.45, 7) is 3.34. The van der Waals surface area contributed by atoms with Crippen molar-refractivity contribution < 1.29 is 0 Å². The summed E-state index contributed by atoms with van der Waals surface area (Å²) < 4.78 is 0. The van der Waals surface area contributed by atoms with Crippen molar-refractivity contribution in [2.45, 2.75) is 45.1 Å². The summed E-state index contributed by atoms with van der Waals surface area (Å²) in [5.41, 5.74) is 3.04. The van der Waals surface area contributed by atoms with Gasteiger partial charge < -0.3 is 5.32 Å². The van der Waals surface area contributed by atoms with E-state index in [1.807, 2.05) is 0 Å². The molecule has 2 rings (SSSR count). The summed E-state index contributed by atoms with van der Waals surface area (Å²) in [4.78, 5) is 0. The van der Waals surface area contributed by atoms with Crippen LogP contribution in [0.1, 0.15) is 50.6 Å². The third-order valence-electron chi connectivity index (χ3n) is 3.58. The van der Waals surface area contributed by atoms with E-state index in [9.17, 15) is 0 Å². The number of benzene rings is 1. The van der Waals surface area contributed by atoms with Crippen LogP contribution in [0.4, 0.5) is 0 Å². The normalized spacial score (nSPS) is 17.6. The van der Waals surface area contributed by atoms with E-state index in [2.05, 4.69) is 48.6 Å². The standard InChI is InChI=1S/C16H23N/c1-14(16-10-6-3-7-11-16)17-13-12-15-8-4-2-5-9-15/h3,6-8,10-11,14,17H,2,4-5,9,12-13H2,1H3/t14-/m0/s1. The zero-order chi connectivity index (χ0) is 11.9. The lowest BCUT2D eigenvalue weighted by Crippen LogP contribution is -2.20. The molecule has 1 aromatic rings. The lowest BCUT2D eigenvalue weighted by Gasteiger charge is -2.16. The highest BCUT2D eigenvalue weighted by Crippen LogP contribution is 2.20. The van der Waals surface area contributed by atoms with Crippen LogP contribution in [0.3, 0.4) is 0 Å². The summed E-state index contributed by atoms with van der Waals surface area (Å²) in [6.07, 6.45) is 9.05. The van der Waals surface area contributed by atoms with Crippen LogP contribution in [0, 0.1) is 0 Å². The van der Waals surface area contributed by atoms with Gasteiger partial charge in [0.1, 0.15) is 0 Å². The fraction of sp³-hybridized carbons (Fsp3) is 0.500. The monoisotopic (exact) mass is 229 g/mol. The Kier molecular flexibility index (Phi) is 4.81. The second-order valence-corrected chi connectivity index (χ2v) is 4.94. The van der Waals surface area contributed by atoms with E-state index in [1.54, 1.807) is 5.57 Å². The van der Waals surface area contributed by atoms with Crippen LogP contribution in [0.15, 0.2) is 42.0 Å². The van der Waals surface area contributed by atoms with E-state index in [0.29, 0.717) is 6.04 Å². The molecule has 1 N–H and O–H groups in total. The maximum atomic E-state index is 3.61. The first kappa shape index (κ1) is 12.4. The van der Waals surface area contributed by atoms with Crippen LogP contribution in [0.2, 0.25) is 0 Å². The Morgan fingerprint density at radius 3 is 2.71 bits per heavy atom. The summed E-state index contributed by atoms with van der Waals surface area (Å²) in [5, 5.41) is 3.61. The summed E-state index contributed by atoms with van der Waals surface area (Å²) in [7, 11) is 0. The van der Waals surface area contributed by atoms with Gasteiger partial charge in [-0.25, -0.2) is 0 Å². The Balaban J connectivity index is 1.73. The zero-order valence-electron chi connectivity index (χ0n) is 10.8. The van der Waals surface area contributed by atoms with Crippen LogP contribution >= 0.6 is 0 Å². The largest absolute Gasteiger partial charge is 0.310 e. The molecular formula is C16H23N. The topological polar surface area (TPSA) is 12.0 Å². The summed E-state index contributed by atoms with van der Waals surface area (Å²) in [6, 6.07) is 11.1. The van der Waals surface area contributed by atoms with E-state index < -0.39 is 0 Å². The number of hydrogen-bond donors (Lipinski definition) is 1. The average molecular weight is 229 g/mol. The highest BCUT2D eigenvalue weighted by atomic mass is 14.9. The molecule has 0 amide bonds. The van der Waals surface area contributed by atoms with E-state index in [0.717, 1.165) is 6.54 Å². The van der Waals surface area contributed by atoms with E-state index >= 15 is 0 Å². The van der Waals surface area contributed by atoms with Gasteiger partial charge in [-0.1, -0.05) is 42.0 Å². The first-order valence-electron chi connectivity index (χ1n) is 6.82. The fourth-order valence-corrected chi connectivity index (χ4v) is 2.44. The van der Waals surface area contributed by atoms with Crippen molar-refractivity contribution in [1.29, 1.82) is 0 Å². The highest BCUT2D eigenvalue weighted by Gasteiger charge is 2.06. The van der Waals surface area contributed by atoms with Gasteiger partial charge in [-0.15, -0.1) is 0 Å². The molecule has 1 aliphatic carbocycles. The lowest BCUT2D eigenvalue weighted by molar-refractivity contribution is 0.562. The Hall–Kier alpha value is -1.08. The Bertz CT molecular complexity index is 353. The maximum absolute atomic E-state index is 3.61. The highest BCUT2D eigenvalue weighted by molar-refractivity contribution is 5.18. The molecule has 0 radical (unpaired) electrons. The van der Waals surface area contributed by atoms with Gasteiger partial charge >= 0.3 is 0 Å². The summed E-state index contributed by atoms with van der Waals surface area (Å²) >= 11 is 0. The SMILES string of the molecule is C[C@H](NCCC1=CCCCC1)c1ccccc1. The summed E-state index contributed by atoms with van der Waals surface area (Å²) in [5.74, 6) is 0. The number of rotatable bonds is 5. The first-order chi connectivity index (χ1) is 8.36. The third-order valence-corrected chi connectivity index (χ3v) is 3.58. The van der Waals surface area contributed by atoms with Crippen molar-refractivity contribution in [3.8, 4) is 0 Å². The zero-order valence-corrected chi connectivity index (χ0v) is 10.8. The molecule has 1 aliphatic rings. The van der Waals surface area contributed by atoms with Gasteiger partial charge in [0.2, 0.25) is 0 Å². The molecule has 0 bridgehead atoms. The van der Waals surface area contributed by atoms with Gasteiger partial charge in [0.25, 0.3) is 0 Å². The predicted molar refractivity (Wildman–Crippen MR) is 74.0 cm³/mol. The van der Waals surface area contributed by atoms with Crippen LogP contribution in [-0.4, -0.2) is 6.54 Å². The van der Waals surface area contributed by atoms with E-state index in [1.165, 1.54) is 37.7 Å². The van der Waals surface area contributed by atoms with Crippen LogP contribution < -0.4 is 5.32 Å². The van der Waals surface area contributed by atoms with Crippen molar-refractivity contribution in [2.24, 2.45) is 0 Å². The second-order valence-electron chi connectivity index (χ2n) is 4.94. The average Bonchev–Trinajstić information content (AvgIpc) is 2.41. The van der Waals surface area contributed by atoms with Gasteiger partial charge in [0, 0.05) is 6.04 Å². The molecule has 0 spiro atoms. The minimum atomic E-state index is 0.459. The number of hydrogen-bond acceptors (Lipinski definition) is 1. The molecule has 1 atom stereocenters. The fourth-order valence-electron chi connectivity index (χ4n) is 2.44.